The van der Waals surface area contributed by atoms with Crippen molar-refractivity contribution in [2.45, 2.75) is 6.61 Å². The van der Waals surface area contributed by atoms with Crippen LogP contribution in [0.1, 0.15) is 15.9 Å². The average Bonchev–Trinajstić information content (AvgIpc) is 2.46. The first-order chi connectivity index (χ1) is 9.58. The Morgan fingerprint density at radius 2 is 2.20 bits per heavy atom. The van der Waals surface area contributed by atoms with E-state index in [0.29, 0.717) is 11.1 Å². The molecule has 1 heterocycles. The van der Waals surface area contributed by atoms with Gasteiger partial charge in [-0.1, -0.05) is 11.6 Å². The first-order valence-corrected chi connectivity index (χ1v) is 5.95. The fraction of sp³-hybridized carbons (Fsp3) is 0.0769. The summed E-state index contributed by atoms with van der Waals surface area (Å²) < 4.78 is 5.06. The quantitative estimate of drug-likeness (QED) is 0.491. The molecule has 0 N–H and O–H groups in total. The van der Waals surface area contributed by atoms with E-state index in [2.05, 4.69) is 4.98 Å². The summed E-state index contributed by atoms with van der Waals surface area (Å²) >= 11 is 5.89. The summed E-state index contributed by atoms with van der Waals surface area (Å²) in [6.07, 6.45) is 2.93. The van der Waals surface area contributed by atoms with Gasteiger partial charge < -0.3 is 4.74 Å². The molecule has 0 bridgehead atoms. The monoisotopic (exact) mass is 292 g/mol. The summed E-state index contributed by atoms with van der Waals surface area (Å²) in [7, 11) is 0. The molecule has 0 unspecified atom stereocenters. The van der Waals surface area contributed by atoms with Gasteiger partial charge in [0, 0.05) is 30.1 Å². The van der Waals surface area contributed by atoms with Crippen molar-refractivity contribution in [1.82, 2.24) is 4.98 Å². The molecule has 1 aromatic heterocycles. The second-order valence-corrected chi connectivity index (χ2v) is 4.26. The third-order valence-corrected chi connectivity index (χ3v) is 2.86. The molecule has 102 valence electrons. The predicted octanol–water partition coefficient (Wildman–Crippen LogP) is 3.00. The maximum absolute atomic E-state index is 11.7. The first kappa shape index (κ1) is 14.0. The molecule has 6 nitrogen and oxygen atoms in total. The fourth-order valence-corrected chi connectivity index (χ4v) is 1.71. The lowest BCUT2D eigenvalue weighted by molar-refractivity contribution is -0.384. The lowest BCUT2D eigenvalue weighted by Crippen LogP contribution is -2.05. The number of benzene rings is 1. The number of non-ortho nitro benzene ring substituents is 1. The smallest absolute Gasteiger partial charge is 0.340 e. The highest BCUT2D eigenvalue weighted by Crippen LogP contribution is 2.23. The van der Waals surface area contributed by atoms with Gasteiger partial charge in [-0.3, -0.25) is 15.1 Å². The van der Waals surface area contributed by atoms with Crippen LogP contribution in [0.15, 0.2) is 42.7 Å². The van der Waals surface area contributed by atoms with Crippen molar-refractivity contribution >= 4 is 23.3 Å². The zero-order valence-electron chi connectivity index (χ0n) is 10.2. The molecule has 7 heteroatoms. The molecule has 0 aliphatic heterocycles. The van der Waals surface area contributed by atoms with Crippen LogP contribution in [0.25, 0.3) is 0 Å². The van der Waals surface area contributed by atoms with Crippen LogP contribution in [-0.2, 0) is 11.3 Å². The number of carbonyl (C=O) groups excluding carboxylic acids is 1. The molecule has 0 atom stereocenters. The number of pyridine rings is 1. The standard InChI is InChI=1S/C13H9ClN2O4/c14-12-6-11(16(18)19)4-3-10(12)8-20-13(17)9-2-1-5-15-7-9/h1-7H,8H2. The first-order valence-electron chi connectivity index (χ1n) is 5.58. The van der Waals surface area contributed by atoms with Crippen LogP contribution in [0.5, 0.6) is 0 Å². The van der Waals surface area contributed by atoms with Crippen molar-refractivity contribution in [1.29, 1.82) is 0 Å². The Labute approximate surface area is 119 Å². The van der Waals surface area contributed by atoms with E-state index in [1.807, 2.05) is 0 Å². The Balaban J connectivity index is 2.04. The summed E-state index contributed by atoms with van der Waals surface area (Å²) in [6.45, 7) is -0.0649. The number of nitro benzene ring substituents is 1. The Hall–Kier alpha value is -2.47. The normalized spacial score (nSPS) is 10.1. The third kappa shape index (κ3) is 3.30. The average molecular weight is 293 g/mol. The van der Waals surface area contributed by atoms with Crippen LogP contribution in [0.3, 0.4) is 0 Å². The number of hydrogen-bond donors (Lipinski definition) is 0. The minimum Gasteiger partial charge on any atom is -0.457 e. The maximum atomic E-state index is 11.7. The molecule has 20 heavy (non-hydrogen) atoms. The van der Waals surface area contributed by atoms with Crippen LogP contribution in [0, 0.1) is 10.1 Å². The van der Waals surface area contributed by atoms with Gasteiger partial charge in [0.1, 0.15) is 6.61 Å². The molecule has 2 rings (SSSR count). The van der Waals surface area contributed by atoms with Crippen LogP contribution < -0.4 is 0 Å². The minimum atomic E-state index is -0.544. The van der Waals surface area contributed by atoms with Gasteiger partial charge in [0.25, 0.3) is 5.69 Å². The molecule has 0 saturated heterocycles. The van der Waals surface area contributed by atoms with Gasteiger partial charge in [0.15, 0.2) is 0 Å². The van der Waals surface area contributed by atoms with Gasteiger partial charge in [0.2, 0.25) is 0 Å². The number of nitrogens with zero attached hydrogens (tertiary/aromatic N) is 2. The van der Waals surface area contributed by atoms with Gasteiger partial charge in [-0.2, -0.15) is 0 Å². The van der Waals surface area contributed by atoms with Gasteiger partial charge >= 0.3 is 5.97 Å². The summed E-state index contributed by atoms with van der Waals surface area (Å²) in [4.78, 5) is 25.5. The van der Waals surface area contributed by atoms with E-state index in [1.54, 1.807) is 18.3 Å². The Morgan fingerprint density at radius 3 is 2.80 bits per heavy atom. The fourth-order valence-electron chi connectivity index (χ4n) is 1.48. The van der Waals surface area contributed by atoms with Crippen LogP contribution in [0.2, 0.25) is 5.02 Å². The lowest BCUT2D eigenvalue weighted by Gasteiger charge is -2.06. The second-order valence-electron chi connectivity index (χ2n) is 3.85. The zero-order chi connectivity index (χ0) is 14.5. The molecular weight excluding hydrogens is 284 g/mol. The van der Waals surface area contributed by atoms with E-state index in [1.165, 1.54) is 24.4 Å². The number of rotatable bonds is 4. The molecule has 0 radical (unpaired) electrons. The molecule has 0 saturated carbocycles. The Bertz CT molecular complexity index is 646. The van der Waals surface area contributed by atoms with E-state index in [-0.39, 0.29) is 17.3 Å². The van der Waals surface area contributed by atoms with Crippen molar-refractivity contribution in [2.24, 2.45) is 0 Å². The molecule has 0 fully saturated rings. The summed E-state index contributed by atoms with van der Waals surface area (Å²) in [5, 5.41) is 10.7. The molecule has 0 aliphatic rings. The maximum Gasteiger partial charge on any atom is 0.340 e. The van der Waals surface area contributed by atoms with Crippen LogP contribution in [-0.4, -0.2) is 15.9 Å². The number of halogens is 1. The Morgan fingerprint density at radius 1 is 1.40 bits per heavy atom. The molecule has 0 amide bonds. The van der Waals surface area contributed by atoms with Crippen molar-refractivity contribution in [3.05, 3.63) is 69.0 Å². The minimum absolute atomic E-state index is 0.0649. The number of carbonyl (C=O) groups is 1. The van der Waals surface area contributed by atoms with Gasteiger partial charge in [-0.05, 0) is 18.2 Å². The van der Waals surface area contributed by atoms with E-state index in [9.17, 15) is 14.9 Å². The van der Waals surface area contributed by atoms with Crippen molar-refractivity contribution in [2.75, 3.05) is 0 Å². The number of ether oxygens (including phenoxy) is 1. The summed E-state index contributed by atoms with van der Waals surface area (Å²) in [6, 6.07) is 7.17. The number of hydrogen-bond acceptors (Lipinski definition) is 5. The van der Waals surface area contributed by atoms with Gasteiger partial charge in [-0.25, -0.2) is 4.79 Å². The van der Waals surface area contributed by atoms with E-state index in [4.69, 9.17) is 16.3 Å². The number of nitro groups is 1. The third-order valence-electron chi connectivity index (χ3n) is 2.50. The summed E-state index contributed by atoms with van der Waals surface area (Å²) in [5.41, 5.74) is 0.706. The van der Waals surface area contributed by atoms with Crippen molar-refractivity contribution in [3.63, 3.8) is 0 Å². The molecule has 2 aromatic rings. The van der Waals surface area contributed by atoms with E-state index < -0.39 is 10.9 Å². The highest BCUT2D eigenvalue weighted by atomic mass is 35.5. The SMILES string of the molecule is O=C(OCc1ccc([N+](=O)[O-])cc1Cl)c1cccnc1. The predicted molar refractivity (Wildman–Crippen MR) is 71.5 cm³/mol. The molecule has 0 spiro atoms. The second kappa shape index (κ2) is 6.12. The highest BCUT2D eigenvalue weighted by Gasteiger charge is 2.12. The van der Waals surface area contributed by atoms with Crippen LogP contribution in [0.4, 0.5) is 5.69 Å². The summed E-state index contributed by atoms with van der Waals surface area (Å²) in [5.74, 6) is -0.535. The number of esters is 1. The Kier molecular flexibility index (Phi) is 4.27. The van der Waals surface area contributed by atoms with Gasteiger partial charge in [0.05, 0.1) is 15.5 Å². The van der Waals surface area contributed by atoms with Gasteiger partial charge in [-0.15, -0.1) is 0 Å². The molecular formula is C13H9ClN2O4. The van der Waals surface area contributed by atoms with E-state index in [0.717, 1.165) is 0 Å². The van der Waals surface area contributed by atoms with Crippen molar-refractivity contribution in [3.8, 4) is 0 Å². The number of aromatic nitrogens is 1. The molecule has 1 aromatic carbocycles. The van der Waals surface area contributed by atoms with E-state index >= 15 is 0 Å². The molecule has 0 aliphatic carbocycles. The lowest BCUT2D eigenvalue weighted by atomic mass is 10.2. The van der Waals surface area contributed by atoms with Crippen LogP contribution >= 0.6 is 11.6 Å². The highest BCUT2D eigenvalue weighted by molar-refractivity contribution is 6.31. The zero-order valence-corrected chi connectivity index (χ0v) is 10.9. The largest absolute Gasteiger partial charge is 0.457 e. The topological polar surface area (TPSA) is 82.3 Å². The van der Waals surface area contributed by atoms with Crippen molar-refractivity contribution < 1.29 is 14.5 Å².